The molecular weight excluding hydrogens is 330 g/mol. The fraction of sp³-hybridized carbons (Fsp3) is 0.650. The summed E-state index contributed by atoms with van der Waals surface area (Å²) < 4.78 is 10.8. The van der Waals surface area contributed by atoms with E-state index in [2.05, 4.69) is 19.2 Å². The van der Waals surface area contributed by atoms with Crippen LogP contribution < -0.4 is 14.8 Å². The SMILES string of the molecule is CCC1(CC)C(c2ccc(OC)c(OC)c2)=NN(C2CCNCC2)C1O. The summed E-state index contributed by atoms with van der Waals surface area (Å²) in [6, 6.07) is 6.17. The highest BCUT2D eigenvalue weighted by Gasteiger charge is 2.50. The van der Waals surface area contributed by atoms with Crippen LogP contribution in [0.4, 0.5) is 0 Å². The Hall–Kier alpha value is -1.79. The first-order valence-electron chi connectivity index (χ1n) is 9.59. The maximum Gasteiger partial charge on any atom is 0.161 e. The zero-order valence-corrected chi connectivity index (χ0v) is 16.3. The summed E-state index contributed by atoms with van der Waals surface area (Å²) in [5, 5.41) is 21.6. The molecule has 2 heterocycles. The van der Waals surface area contributed by atoms with E-state index in [1.807, 2.05) is 23.2 Å². The normalized spacial score (nSPS) is 23.0. The second-order valence-electron chi connectivity index (χ2n) is 7.12. The van der Waals surface area contributed by atoms with E-state index in [0.717, 1.165) is 50.0 Å². The van der Waals surface area contributed by atoms with Crippen molar-refractivity contribution in [1.82, 2.24) is 10.3 Å². The molecule has 0 radical (unpaired) electrons. The van der Waals surface area contributed by atoms with Gasteiger partial charge in [0.15, 0.2) is 17.7 Å². The largest absolute Gasteiger partial charge is 0.493 e. The standard InChI is InChI=1S/C20H31N3O3/c1-5-20(6-2)18(14-7-8-16(25-3)17(13-14)26-4)22-23(19(20)24)15-9-11-21-12-10-15/h7-8,13,15,19,21,24H,5-6,9-12H2,1-4H3. The molecule has 0 aromatic heterocycles. The molecule has 0 amide bonds. The lowest BCUT2D eigenvalue weighted by Crippen LogP contribution is -2.49. The highest BCUT2D eigenvalue weighted by atomic mass is 16.5. The van der Waals surface area contributed by atoms with Gasteiger partial charge in [-0.15, -0.1) is 0 Å². The van der Waals surface area contributed by atoms with Crippen LogP contribution >= 0.6 is 0 Å². The first-order chi connectivity index (χ1) is 12.6. The van der Waals surface area contributed by atoms with Crippen LogP contribution in [-0.2, 0) is 0 Å². The molecule has 144 valence electrons. The van der Waals surface area contributed by atoms with Crippen molar-refractivity contribution >= 4 is 5.71 Å². The van der Waals surface area contributed by atoms with E-state index in [9.17, 15) is 5.11 Å². The van der Waals surface area contributed by atoms with Gasteiger partial charge in [-0.05, 0) is 57.0 Å². The van der Waals surface area contributed by atoms with Crippen LogP contribution in [0, 0.1) is 5.41 Å². The second-order valence-corrected chi connectivity index (χ2v) is 7.12. The summed E-state index contributed by atoms with van der Waals surface area (Å²) in [6.45, 7) is 6.21. The van der Waals surface area contributed by atoms with Gasteiger partial charge in [0.1, 0.15) is 0 Å². The lowest BCUT2D eigenvalue weighted by molar-refractivity contribution is -0.0725. The van der Waals surface area contributed by atoms with Gasteiger partial charge in [0.25, 0.3) is 0 Å². The number of aliphatic hydroxyl groups is 1. The molecule has 6 heteroatoms. The molecular formula is C20H31N3O3. The fourth-order valence-corrected chi connectivity index (χ4v) is 4.28. The maximum absolute atomic E-state index is 11.2. The highest BCUT2D eigenvalue weighted by Crippen LogP contribution is 2.44. The predicted octanol–water partition coefficient (Wildman–Crippen LogP) is 2.60. The zero-order valence-electron chi connectivity index (χ0n) is 16.3. The lowest BCUT2D eigenvalue weighted by Gasteiger charge is -2.38. The van der Waals surface area contributed by atoms with Gasteiger partial charge in [-0.3, -0.25) is 5.01 Å². The van der Waals surface area contributed by atoms with Crippen LogP contribution in [0.1, 0.15) is 45.1 Å². The van der Waals surface area contributed by atoms with E-state index in [-0.39, 0.29) is 11.5 Å². The van der Waals surface area contributed by atoms with Gasteiger partial charge in [-0.1, -0.05) is 13.8 Å². The third-order valence-electron chi connectivity index (χ3n) is 6.03. The Kier molecular flexibility index (Phi) is 5.73. The van der Waals surface area contributed by atoms with Gasteiger partial charge in [-0.2, -0.15) is 5.10 Å². The molecule has 1 unspecified atom stereocenters. The Labute approximate surface area is 156 Å². The smallest absolute Gasteiger partial charge is 0.161 e. The van der Waals surface area contributed by atoms with Crippen LogP contribution in [0.5, 0.6) is 11.5 Å². The Morgan fingerprint density at radius 3 is 2.38 bits per heavy atom. The van der Waals surface area contributed by atoms with Gasteiger partial charge < -0.3 is 19.9 Å². The van der Waals surface area contributed by atoms with Crippen LogP contribution in [0.25, 0.3) is 0 Å². The number of aliphatic hydroxyl groups excluding tert-OH is 1. The van der Waals surface area contributed by atoms with Crippen LogP contribution in [0.15, 0.2) is 23.3 Å². The third-order valence-corrected chi connectivity index (χ3v) is 6.03. The van der Waals surface area contributed by atoms with E-state index in [1.165, 1.54) is 0 Å². The van der Waals surface area contributed by atoms with Gasteiger partial charge in [0.2, 0.25) is 0 Å². The minimum absolute atomic E-state index is 0.279. The molecule has 0 bridgehead atoms. The van der Waals surface area contributed by atoms with E-state index in [1.54, 1.807) is 14.2 Å². The average molecular weight is 361 g/mol. The minimum Gasteiger partial charge on any atom is -0.493 e. The van der Waals surface area contributed by atoms with Crippen LogP contribution in [-0.4, -0.2) is 55.4 Å². The minimum atomic E-state index is -0.594. The summed E-state index contributed by atoms with van der Waals surface area (Å²) in [6.07, 6.45) is 3.08. The molecule has 2 aliphatic heterocycles. The van der Waals surface area contributed by atoms with Gasteiger partial charge >= 0.3 is 0 Å². The van der Waals surface area contributed by atoms with Crippen molar-refractivity contribution in [2.24, 2.45) is 10.5 Å². The monoisotopic (exact) mass is 361 g/mol. The Balaban J connectivity index is 2.03. The molecule has 0 aliphatic carbocycles. The van der Waals surface area contributed by atoms with Crippen molar-refractivity contribution in [3.63, 3.8) is 0 Å². The van der Waals surface area contributed by atoms with Crippen LogP contribution in [0.2, 0.25) is 0 Å². The highest BCUT2D eigenvalue weighted by molar-refractivity contribution is 6.06. The Morgan fingerprint density at radius 1 is 1.15 bits per heavy atom. The molecule has 2 aliphatic rings. The molecule has 0 spiro atoms. The molecule has 1 atom stereocenters. The average Bonchev–Trinajstić information content (AvgIpc) is 3.00. The number of benzene rings is 1. The van der Waals surface area contributed by atoms with Crippen molar-refractivity contribution < 1.29 is 14.6 Å². The number of ether oxygens (including phenoxy) is 2. The molecule has 1 fully saturated rings. The van der Waals surface area contributed by atoms with E-state index >= 15 is 0 Å². The third kappa shape index (κ3) is 3.05. The van der Waals surface area contributed by atoms with Gasteiger partial charge in [0.05, 0.1) is 31.4 Å². The van der Waals surface area contributed by atoms with E-state index in [4.69, 9.17) is 14.6 Å². The number of methoxy groups -OCH3 is 2. The number of nitrogens with one attached hydrogen (secondary N) is 1. The van der Waals surface area contributed by atoms with E-state index in [0.29, 0.717) is 11.5 Å². The molecule has 0 saturated carbocycles. The Bertz CT molecular complexity index is 652. The number of piperidine rings is 1. The van der Waals surface area contributed by atoms with Crippen molar-refractivity contribution in [2.75, 3.05) is 27.3 Å². The first kappa shape index (κ1) is 19.0. The van der Waals surface area contributed by atoms with Crippen molar-refractivity contribution in [3.8, 4) is 11.5 Å². The van der Waals surface area contributed by atoms with E-state index < -0.39 is 6.23 Å². The second kappa shape index (κ2) is 7.84. The zero-order chi connectivity index (χ0) is 18.7. The topological polar surface area (TPSA) is 66.3 Å². The number of rotatable bonds is 6. The Morgan fingerprint density at radius 2 is 1.81 bits per heavy atom. The molecule has 26 heavy (non-hydrogen) atoms. The quantitative estimate of drug-likeness (QED) is 0.815. The number of nitrogens with zero attached hydrogens (tertiary/aromatic N) is 2. The molecule has 2 N–H and O–H groups in total. The molecule has 6 nitrogen and oxygen atoms in total. The lowest BCUT2D eigenvalue weighted by atomic mass is 9.74. The molecule has 3 rings (SSSR count). The van der Waals surface area contributed by atoms with Crippen molar-refractivity contribution in [1.29, 1.82) is 0 Å². The molecule has 1 aromatic carbocycles. The van der Waals surface area contributed by atoms with Crippen molar-refractivity contribution in [2.45, 2.75) is 51.8 Å². The summed E-state index contributed by atoms with van der Waals surface area (Å²) in [4.78, 5) is 0. The van der Waals surface area contributed by atoms with Crippen molar-refractivity contribution in [3.05, 3.63) is 23.8 Å². The molecule has 1 aromatic rings. The van der Waals surface area contributed by atoms with Crippen LogP contribution in [0.3, 0.4) is 0 Å². The number of hydrogen-bond donors (Lipinski definition) is 2. The number of hydrogen-bond acceptors (Lipinski definition) is 6. The predicted molar refractivity (Wildman–Crippen MR) is 103 cm³/mol. The summed E-state index contributed by atoms with van der Waals surface area (Å²) in [7, 11) is 3.27. The van der Waals surface area contributed by atoms with Gasteiger partial charge in [0, 0.05) is 5.56 Å². The maximum atomic E-state index is 11.2. The number of hydrazone groups is 1. The summed E-state index contributed by atoms with van der Waals surface area (Å²) in [5.74, 6) is 1.38. The summed E-state index contributed by atoms with van der Waals surface area (Å²) in [5.41, 5.74) is 1.57. The molecule has 1 saturated heterocycles. The fourth-order valence-electron chi connectivity index (χ4n) is 4.28. The first-order valence-corrected chi connectivity index (χ1v) is 9.59. The summed E-state index contributed by atoms with van der Waals surface area (Å²) >= 11 is 0. The van der Waals surface area contributed by atoms with Gasteiger partial charge in [-0.25, -0.2) is 0 Å².